The second-order valence-corrected chi connectivity index (χ2v) is 7.93. The maximum Gasteiger partial charge on any atom is 0.387 e. The number of hydrogen-bond acceptors (Lipinski definition) is 8. The topological polar surface area (TPSA) is 113 Å². The Labute approximate surface area is 197 Å². The van der Waals surface area contributed by atoms with E-state index in [-0.39, 0.29) is 29.7 Å². The number of rotatable bonds is 9. The molecule has 12 heteroatoms. The maximum absolute atomic E-state index is 13.2. The van der Waals surface area contributed by atoms with Crippen molar-refractivity contribution in [2.75, 3.05) is 7.11 Å². The number of methoxy groups -OCH3 is 1. The Morgan fingerprint density at radius 3 is 2.77 bits per heavy atom. The van der Waals surface area contributed by atoms with E-state index < -0.39 is 12.5 Å². The van der Waals surface area contributed by atoms with E-state index in [1.54, 1.807) is 41.9 Å². The molecule has 0 saturated heterocycles. The molecule has 10 nitrogen and oxygen atoms in total. The first-order chi connectivity index (χ1) is 16.9. The van der Waals surface area contributed by atoms with Gasteiger partial charge in [-0.15, -0.1) is 0 Å². The van der Waals surface area contributed by atoms with E-state index in [9.17, 15) is 13.6 Å². The van der Waals surface area contributed by atoms with Gasteiger partial charge >= 0.3 is 6.61 Å². The molecule has 35 heavy (non-hydrogen) atoms. The number of ether oxygens (including phenoxy) is 3. The zero-order valence-corrected chi connectivity index (χ0v) is 18.8. The Balaban J connectivity index is 1.47. The number of amides is 1. The van der Waals surface area contributed by atoms with Gasteiger partial charge in [0.15, 0.2) is 6.61 Å². The van der Waals surface area contributed by atoms with E-state index in [1.807, 2.05) is 0 Å². The van der Waals surface area contributed by atoms with Gasteiger partial charge in [0.2, 0.25) is 11.7 Å². The number of halogens is 2. The molecule has 5 rings (SSSR count). The summed E-state index contributed by atoms with van der Waals surface area (Å²) in [6.45, 7) is -1.31. The molecular formula is C23H21F2N5O5. The predicted octanol–water partition coefficient (Wildman–Crippen LogP) is 3.77. The van der Waals surface area contributed by atoms with Gasteiger partial charge in [0.25, 0.3) is 5.91 Å². The average molecular weight is 485 g/mol. The van der Waals surface area contributed by atoms with Crippen LogP contribution in [0.4, 0.5) is 8.78 Å². The van der Waals surface area contributed by atoms with Crippen LogP contribution in [-0.2, 0) is 6.61 Å². The summed E-state index contributed by atoms with van der Waals surface area (Å²) in [6, 6.07) is 6.43. The number of aryl methyl sites for hydroxylation is 1. The van der Waals surface area contributed by atoms with Crippen LogP contribution in [0.5, 0.6) is 17.2 Å². The van der Waals surface area contributed by atoms with Crippen molar-refractivity contribution in [2.45, 2.75) is 39.0 Å². The number of alkyl halides is 2. The van der Waals surface area contributed by atoms with Gasteiger partial charge in [0.05, 0.1) is 19.0 Å². The molecule has 0 atom stereocenters. The third-order valence-electron chi connectivity index (χ3n) is 5.36. The molecule has 1 saturated carbocycles. The van der Waals surface area contributed by atoms with E-state index in [0.717, 1.165) is 12.8 Å². The van der Waals surface area contributed by atoms with Gasteiger partial charge in [-0.05, 0) is 31.0 Å². The van der Waals surface area contributed by atoms with Crippen LogP contribution >= 0.6 is 0 Å². The Morgan fingerprint density at radius 1 is 1.29 bits per heavy atom. The van der Waals surface area contributed by atoms with Crippen molar-refractivity contribution < 1.29 is 32.3 Å². The van der Waals surface area contributed by atoms with Crippen LogP contribution < -0.4 is 19.5 Å². The molecule has 1 aliphatic carbocycles. The standard InChI is InChI=1S/C23H21F2N5O5/c1-12-27-19(29-35-12)11-33-15-5-6-30-16(10-26-20(30)9-15)13-7-17(32-2)21(18(8-13)34-23(24)25)22(31)28-14-3-4-14/h5-10,14,23H,3-4,11H2,1-2H3,(H,28,31). The van der Waals surface area contributed by atoms with E-state index in [1.165, 1.54) is 13.2 Å². The van der Waals surface area contributed by atoms with Crippen molar-refractivity contribution in [3.8, 4) is 28.5 Å². The molecule has 0 bridgehead atoms. The van der Waals surface area contributed by atoms with Crippen LogP contribution in [0.25, 0.3) is 16.9 Å². The molecule has 1 fully saturated rings. The van der Waals surface area contributed by atoms with Crippen molar-refractivity contribution in [1.29, 1.82) is 0 Å². The molecule has 1 N–H and O–H groups in total. The summed E-state index contributed by atoms with van der Waals surface area (Å²) in [5, 5.41) is 6.57. The van der Waals surface area contributed by atoms with Crippen molar-refractivity contribution in [1.82, 2.24) is 24.8 Å². The number of fused-ring (bicyclic) bond motifs is 1. The van der Waals surface area contributed by atoms with E-state index in [2.05, 4.69) is 20.4 Å². The molecule has 0 unspecified atom stereocenters. The second kappa shape index (κ2) is 9.20. The summed E-state index contributed by atoms with van der Waals surface area (Å²) in [4.78, 5) is 21.2. The number of benzene rings is 1. The Kier molecular flexibility index (Phi) is 5.93. The summed E-state index contributed by atoms with van der Waals surface area (Å²) in [5.41, 5.74) is 1.52. The minimum atomic E-state index is -3.12. The highest BCUT2D eigenvalue weighted by Crippen LogP contribution is 2.37. The van der Waals surface area contributed by atoms with E-state index in [0.29, 0.717) is 34.4 Å². The highest BCUT2D eigenvalue weighted by molar-refractivity contribution is 6.01. The monoisotopic (exact) mass is 485 g/mol. The highest BCUT2D eigenvalue weighted by atomic mass is 19.3. The van der Waals surface area contributed by atoms with Gasteiger partial charge in [0.1, 0.15) is 28.5 Å². The van der Waals surface area contributed by atoms with Gasteiger partial charge in [0, 0.05) is 30.8 Å². The fraction of sp³-hybridized carbons (Fsp3) is 0.304. The number of pyridine rings is 1. The van der Waals surface area contributed by atoms with Crippen molar-refractivity contribution >= 4 is 11.6 Å². The predicted molar refractivity (Wildman–Crippen MR) is 118 cm³/mol. The van der Waals surface area contributed by atoms with Crippen LogP contribution in [0.3, 0.4) is 0 Å². The molecule has 3 heterocycles. The normalized spacial score (nSPS) is 13.3. The number of hydrogen-bond donors (Lipinski definition) is 1. The van der Waals surface area contributed by atoms with Crippen LogP contribution in [0.1, 0.15) is 34.9 Å². The zero-order valence-electron chi connectivity index (χ0n) is 18.8. The van der Waals surface area contributed by atoms with Crippen molar-refractivity contribution in [3.05, 3.63) is 53.9 Å². The third-order valence-corrected chi connectivity index (χ3v) is 5.36. The van der Waals surface area contributed by atoms with E-state index in [4.69, 9.17) is 18.7 Å². The van der Waals surface area contributed by atoms with Gasteiger partial charge in [-0.25, -0.2) is 4.98 Å². The molecule has 1 aromatic carbocycles. The fourth-order valence-electron chi connectivity index (χ4n) is 3.61. The summed E-state index contributed by atoms with van der Waals surface area (Å²) in [6.07, 6.45) is 4.99. The lowest BCUT2D eigenvalue weighted by molar-refractivity contribution is -0.0502. The molecule has 182 valence electrons. The minimum Gasteiger partial charge on any atom is -0.496 e. The van der Waals surface area contributed by atoms with Gasteiger partial charge in [-0.2, -0.15) is 13.8 Å². The smallest absolute Gasteiger partial charge is 0.387 e. The number of imidazole rings is 1. The lowest BCUT2D eigenvalue weighted by atomic mass is 10.1. The Bertz CT molecular complexity index is 1380. The maximum atomic E-state index is 13.2. The van der Waals surface area contributed by atoms with E-state index >= 15 is 0 Å². The lowest BCUT2D eigenvalue weighted by Crippen LogP contribution is -2.26. The number of nitrogens with one attached hydrogen (secondary N) is 1. The van der Waals surface area contributed by atoms with Gasteiger partial charge in [-0.1, -0.05) is 5.16 Å². The Hall–Kier alpha value is -4.22. The van der Waals surface area contributed by atoms with Crippen LogP contribution in [0.2, 0.25) is 0 Å². The largest absolute Gasteiger partial charge is 0.496 e. The summed E-state index contributed by atoms with van der Waals surface area (Å²) in [7, 11) is 1.36. The molecule has 1 amide bonds. The average Bonchev–Trinajstić information content (AvgIpc) is 3.38. The molecule has 0 radical (unpaired) electrons. The fourth-order valence-corrected chi connectivity index (χ4v) is 3.61. The molecule has 0 aliphatic heterocycles. The first-order valence-corrected chi connectivity index (χ1v) is 10.8. The SMILES string of the molecule is COc1cc(-c2cnc3cc(OCc4noc(C)n4)ccn23)cc(OC(F)F)c1C(=O)NC1CC1. The lowest BCUT2D eigenvalue weighted by Gasteiger charge is -2.16. The van der Waals surface area contributed by atoms with Crippen LogP contribution in [0, 0.1) is 6.92 Å². The first kappa shape index (κ1) is 22.6. The third kappa shape index (κ3) is 4.86. The molecule has 1 aliphatic rings. The minimum absolute atomic E-state index is 0.0329. The van der Waals surface area contributed by atoms with Crippen molar-refractivity contribution in [3.63, 3.8) is 0 Å². The molecule has 0 spiro atoms. The summed E-state index contributed by atoms with van der Waals surface area (Å²) in [5.74, 6) is 0.695. The summed E-state index contributed by atoms with van der Waals surface area (Å²) < 4.78 is 48.9. The molecule has 3 aromatic heterocycles. The van der Waals surface area contributed by atoms with Crippen LogP contribution in [-0.4, -0.2) is 45.2 Å². The highest BCUT2D eigenvalue weighted by Gasteiger charge is 2.29. The molecule has 4 aromatic rings. The number of carbonyl (C=O) groups is 1. The summed E-state index contributed by atoms with van der Waals surface area (Å²) >= 11 is 0. The first-order valence-electron chi connectivity index (χ1n) is 10.8. The quantitative estimate of drug-likeness (QED) is 0.381. The second-order valence-electron chi connectivity index (χ2n) is 7.93. The van der Waals surface area contributed by atoms with Crippen molar-refractivity contribution in [2.24, 2.45) is 0 Å². The van der Waals surface area contributed by atoms with Gasteiger partial charge in [-0.3, -0.25) is 9.20 Å². The van der Waals surface area contributed by atoms with Gasteiger partial charge < -0.3 is 24.1 Å². The number of nitrogens with zero attached hydrogens (tertiary/aromatic N) is 4. The zero-order chi connectivity index (χ0) is 24.5. The number of carbonyl (C=O) groups excluding carboxylic acids is 1. The number of aromatic nitrogens is 4. The van der Waals surface area contributed by atoms with Crippen LogP contribution in [0.15, 0.2) is 41.2 Å². The molecular weight excluding hydrogens is 464 g/mol. The Morgan fingerprint density at radius 2 is 2.09 bits per heavy atom.